The van der Waals surface area contributed by atoms with Crippen molar-refractivity contribution in [3.05, 3.63) is 40.2 Å². The molecule has 0 atom stereocenters. The van der Waals surface area contributed by atoms with Crippen molar-refractivity contribution in [1.82, 2.24) is 5.32 Å². The first-order valence-corrected chi connectivity index (χ1v) is 6.70. The predicted octanol–water partition coefficient (Wildman–Crippen LogP) is 2.98. The minimum absolute atomic E-state index is 0.144. The van der Waals surface area contributed by atoms with Gasteiger partial charge in [0.25, 0.3) is 0 Å². The van der Waals surface area contributed by atoms with Crippen molar-refractivity contribution >= 4 is 28.3 Å². The Kier molecular flexibility index (Phi) is 4.09. The number of hydrogen-bond acceptors (Lipinski definition) is 4. The van der Waals surface area contributed by atoms with Crippen LogP contribution < -0.4 is 10.6 Å². The third kappa shape index (κ3) is 3.00. The van der Waals surface area contributed by atoms with Gasteiger partial charge in [-0.1, -0.05) is 0 Å². The van der Waals surface area contributed by atoms with E-state index in [4.69, 9.17) is 4.42 Å². The van der Waals surface area contributed by atoms with Crippen LogP contribution in [-0.4, -0.2) is 17.1 Å². The van der Waals surface area contributed by atoms with Crippen molar-refractivity contribution in [3.63, 3.8) is 0 Å². The number of carbonyl (C=O) groups is 2. The van der Waals surface area contributed by atoms with Crippen LogP contribution in [0.3, 0.4) is 0 Å². The van der Waals surface area contributed by atoms with E-state index < -0.39 is 12.0 Å². The molecule has 3 N–H and O–H groups in total. The summed E-state index contributed by atoms with van der Waals surface area (Å²) < 4.78 is 4.89. The zero-order valence-electron chi connectivity index (χ0n) is 11.0. The molecule has 106 valence electrons. The smallest absolute Gasteiger partial charge is 0.338 e. The first-order chi connectivity index (χ1) is 9.49. The molecule has 0 bridgehead atoms. The average Bonchev–Trinajstić information content (AvgIpc) is 2.96. The molecule has 0 aliphatic rings. The molecule has 20 heavy (non-hydrogen) atoms. The first-order valence-electron chi connectivity index (χ1n) is 5.88. The number of carboxylic acid groups (broad SMARTS) is 1. The summed E-state index contributed by atoms with van der Waals surface area (Å²) >= 11 is 1.25. The van der Waals surface area contributed by atoms with Crippen LogP contribution in [0.4, 0.5) is 9.80 Å². The molecular weight excluding hydrogens is 280 g/mol. The molecule has 0 fully saturated rings. The highest BCUT2D eigenvalue weighted by Crippen LogP contribution is 2.32. The van der Waals surface area contributed by atoms with E-state index in [1.165, 1.54) is 23.9 Å². The highest BCUT2D eigenvalue weighted by Gasteiger charge is 2.20. The van der Waals surface area contributed by atoms with E-state index in [0.29, 0.717) is 17.1 Å². The molecule has 0 saturated heterocycles. The summed E-state index contributed by atoms with van der Waals surface area (Å²) in [5.74, 6) is -1.04. The zero-order valence-corrected chi connectivity index (χ0v) is 11.8. The summed E-state index contributed by atoms with van der Waals surface area (Å²) in [4.78, 5) is 23.8. The number of amides is 2. The number of aromatic carboxylic acids is 1. The normalized spacial score (nSPS) is 10.3. The highest BCUT2D eigenvalue weighted by molar-refractivity contribution is 7.16. The van der Waals surface area contributed by atoms with Gasteiger partial charge in [-0.2, -0.15) is 0 Å². The van der Waals surface area contributed by atoms with E-state index in [0.717, 1.165) is 10.4 Å². The molecule has 0 saturated carbocycles. The van der Waals surface area contributed by atoms with Crippen LogP contribution in [0.2, 0.25) is 0 Å². The van der Waals surface area contributed by atoms with Crippen LogP contribution in [0.15, 0.2) is 23.0 Å². The molecule has 0 aliphatic carbocycles. The number of thiophene rings is 1. The van der Waals surface area contributed by atoms with Crippen molar-refractivity contribution in [2.45, 2.75) is 20.4 Å². The largest absolute Gasteiger partial charge is 0.478 e. The van der Waals surface area contributed by atoms with Gasteiger partial charge in [-0.3, -0.25) is 5.32 Å². The average molecular weight is 294 g/mol. The van der Waals surface area contributed by atoms with E-state index in [2.05, 4.69) is 10.6 Å². The number of rotatable bonds is 4. The van der Waals surface area contributed by atoms with Gasteiger partial charge in [0, 0.05) is 17.0 Å². The Labute approximate surface area is 119 Å². The fraction of sp³-hybridized carbons (Fsp3) is 0.231. The Morgan fingerprint density at radius 1 is 1.40 bits per heavy atom. The molecule has 2 aromatic heterocycles. The predicted molar refractivity (Wildman–Crippen MR) is 75.3 cm³/mol. The van der Waals surface area contributed by atoms with Crippen LogP contribution in [0.5, 0.6) is 0 Å². The molecule has 2 heterocycles. The van der Waals surface area contributed by atoms with E-state index in [1.54, 1.807) is 13.0 Å². The van der Waals surface area contributed by atoms with Gasteiger partial charge in [-0.05, 0) is 25.5 Å². The van der Waals surface area contributed by atoms with Gasteiger partial charge < -0.3 is 14.8 Å². The Bertz CT molecular complexity index is 631. The van der Waals surface area contributed by atoms with Gasteiger partial charge in [0.2, 0.25) is 0 Å². The number of furan rings is 1. The van der Waals surface area contributed by atoms with Crippen molar-refractivity contribution < 1.29 is 19.1 Å². The van der Waals surface area contributed by atoms with Crippen molar-refractivity contribution in [2.24, 2.45) is 0 Å². The SMILES string of the molecule is Cc1sc(NC(=O)NCc2ccoc2)c(C(=O)O)c1C. The minimum atomic E-state index is -1.04. The second kappa shape index (κ2) is 5.79. The third-order valence-electron chi connectivity index (χ3n) is 2.86. The van der Waals surface area contributed by atoms with E-state index in [1.807, 2.05) is 6.92 Å². The lowest BCUT2D eigenvalue weighted by Gasteiger charge is -2.06. The second-order valence-corrected chi connectivity index (χ2v) is 5.46. The second-order valence-electron chi connectivity index (χ2n) is 4.23. The Hall–Kier alpha value is -2.28. The van der Waals surface area contributed by atoms with Gasteiger partial charge in [-0.15, -0.1) is 11.3 Å². The zero-order chi connectivity index (χ0) is 14.7. The molecule has 2 rings (SSSR count). The van der Waals surface area contributed by atoms with Crippen molar-refractivity contribution in [1.29, 1.82) is 0 Å². The standard InChI is InChI=1S/C13H14N2O4S/c1-7-8(2)20-11(10(7)12(16)17)15-13(18)14-5-9-3-4-19-6-9/h3-4,6H,5H2,1-2H3,(H,16,17)(H2,14,15,18). The molecular formula is C13H14N2O4S. The number of hydrogen-bond donors (Lipinski definition) is 3. The molecule has 0 unspecified atom stereocenters. The van der Waals surface area contributed by atoms with E-state index >= 15 is 0 Å². The quantitative estimate of drug-likeness (QED) is 0.808. The first kappa shape index (κ1) is 14.1. The van der Waals surface area contributed by atoms with E-state index in [-0.39, 0.29) is 5.56 Å². The summed E-state index contributed by atoms with van der Waals surface area (Å²) in [5, 5.41) is 14.7. The van der Waals surface area contributed by atoms with Gasteiger partial charge >= 0.3 is 12.0 Å². The molecule has 0 spiro atoms. The molecule has 2 amide bonds. The lowest BCUT2D eigenvalue weighted by Crippen LogP contribution is -2.28. The summed E-state index contributed by atoms with van der Waals surface area (Å²) in [7, 11) is 0. The van der Waals surface area contributed by atoms with Crippen LogP contribution in [0.25, 0.3) is 0 Å². The van der Waals surface area contributed by atoms with Crippen LogP contribution in [0, 0.1) is 13.8 Å². The van der Waals surface area contributed by atoms with Gasteiger partial charge in [-0.25, -0.2) is 9.59 Å². The van der Waals surface area contributed by atoms with Crippen LogP contribution in [-0.2, 0) is 6.54 Å². The molecule has 0 aliphatic heterocycles. The number of carboxylic acids is 1. The Balaban J connectivity index is 2.04. The maximum Gasteiger partial charge on any atom is 0.338 e. The minimum Gasteiger partial charge on any atom is -0.478 e. The van der Waals surface area contributed by atoms with Crippen molar-refractivity contribution in [3.8, 4) is 0 Å². The Morgan fingerprint density at radius 3 is 2.75 bits per heavy atom. The molecule has 6 nitrogen and oxygen atoms in total. The number of carbonyl (C=O) groups excluding carboxylic acids is 1. The summed E-state index contributed by atoms with van der Waals surface area (Å²) in [6.07, 6.45) is 3.05. The number of anilines is 1. The molecule has 0 aromatic carbocycles. The Morgan fingerprint density at radius 2 is 2.15 bits per heavy atom. The fourth-order valence-corrected chi connectivity index (χ4v) is 2.74. The number of aryl methyl sites for hydroxylation is 1. The van der Waals surface area contributed by atoms with Gasteiger partial charge in [0.05, 0.1) is 18.1 Å². The lowest BCUT2D eigenvalue weighted by molar-refractivity contribution is 0.0697. The molecule has 2 aromatic rings. The summed E-state index contributed by atoms with van der Waals surface area (Å²) in [6, 6.07) is 1.29. The number of urea groups is 1. The monoisotopic (exact) mass is 294 g/mol. The van der Waals surface area contributed by atoms with Crippen LogP contribution in [0.1, 0.15) is 26.4 Å². The maximum atomic E-state index is 11.8. The lowest BCUT2D eigenvalue weighted by atomic mass is 10.1. The van der Waals surface area contributed by atoms with Gasteiger partial charge in [0.1, 0.15) is 5.00 Å². The summed E-state index contributed by atoms with van der Waals surface area (Å²) in [5.41, 5.74) is 1.65. The topological polar surface area (TPSA) is 91.6 Å². The maximum absolute atomic E-state index is 11.8. The van der Waals surface area contributed by atoms with Crippen LogP contribution >= 0.6 is 11.3 Å². The third-order valence-corrected chi connectivity index (χ3v) is 3.98. The summed E-state index contributed by atoms with van der Waals surface area (Å²) in [6.45, 7) is 3.86. The number of nitrogens with one attached hydrogen (secondary N) is 2. The van der Waals surface area contributed by atoms with Gasteiger partial charge in [0.15, 0.2) is 0 Å². The fourth-order valence-electron chi connectivity index (χ4n) is 1.70. The molecule has 0 radical (unpaired) electrons. The van der Waals surface area contributed by atoms with E-state index in [9.17, 15) is 14.7 Å². The highest BCUT2D eigenvalue weighted by atomic mass is 32.1. The molecule has 7 heteroatoms. The van der Waals surface area contributed by atoms with Crippen molar-refractivity contribution in [2.75, 3.05) is 5.32 Å².